The van der Waals surface area contributed by atoms with Crippen LogP contribution >= 0.6 is 67.8 Å². The molecule has 0 aliphatic carbocycles. The molecule has 6 heteroatoms. The highest BCUT2D eigenvalue weighted by Crippen LogP contribution is 2.30. The number of quaternary nitrogens is 1. The van der Waals surface area contributed by atoms with Crippen LogP contribution in [-0.2, 0) is 0 Å². The van der Waals surface area contributed by atoms with Crippen LogP contribution in [0.25, 0.3) is 10.8 Å². The van der Waals surface area contributed by atoms with Crippen molar-refractivity contribution >= 4 is 90.2 Å². The Morgan fingerprint density at radius 2 is 1.74 bits per heavy atom. The molecule has 3 aromatic rings. The molecule has 0 aliphatic rings. The fraction of sp³-hybridized carbons (Fsp3) is 0. The number of rotatable bonds is 2. The van der Waals surface area contributed by atoms with E-state index in [0.717, 1.165) is 27.2 Å². The number of fused-ring (bicyclic) bond motifs is 1. The number of esters is 1. The Morgan fingerprint density at radius 1 is 1.00 bits per heavy atom. The minimum absolute atomic E-state index is 0.356. The number of halogens is 3. The number of ether oxygens (including phenoxy) is 1. The molecule has 0 radical (unpaired) electrons. The lowest BCUT2D eigenvalue weighted by Gasteiger charge is -2.10. The first-order valence-corrected chi connectivity index (χ1v) is 9.91. The van der Waals surface area contributed by atoms with E-state index in [2.05, 4.69) is 73.5 Å². The van der Waals surface area contributed by atoms with Crippen molar-refractivity contribution in [3.05, 3.63) is 64.8 Å². The Labute approximate surface area is 174 Å². The third kappa shape index (κ3) is 3.64. The smallest absolute Gasteiger partial charge is 0.344 e. The van der Waals surface area contributed by atoms with Crippen LogP contribution in [-0.4, -0.2) is 5.97 Å². The molecular weight excluding hydrogens is 631 g/mol. The molecule has 3 aromatic carbocycles. The quantitative estimate of drug-likeness (QED) is 0.190. The predicted octanol–water partition coefficient (Wildman–Crippen LogP) is 4.75. The van der Waals surface area contributed by atoms with Crippen molar-refractivity contribution in [1.82, 2.24) is 0 Å². The molecule has 3 N–H and O–H groups in total. The van der Waals surface area contributed by atoms with E-state index in [-0.39, 0.29) is 5.97 Å². The summed E-state index contributed by atoms with van der Waals surface area (Å²) in [6, 6.07) is 15.5. The normalized spacial score (nSPS) is 10.8. The zero-order valence-corrected chi connectivity index (χ0v) is 18.2. The number of hydrogen-bond donors (Lipinski definition) is 1. The highest BCUT2D eigenvalue weighted by molar-refractivity contribution is 14.1. The van der Waals surface area contributed by atoms with Crippen molar-refractivity contribution in [2.24, 2.45) is 0 Å². The molecule has 0 aliphatic heterocycles. The zero-order valence-electron chi connectivity index (χ0n) is 11.8. The summed E-state index contributed by atoms with van der Waals surface area (Å²) in [7, 11) is 0. The van der Waals surface area contributed by atoms with Gasteiger partial charge in [-0.15, -0.1) is 0 Å². The second-order valence-corrected chi connectivity index (χ2v) is 8.39. The maximum Gasteiger partial charge on any atom is 0.344 e. The monoisotopic (exact) mass is 642 g/mol. The molecule has 0 spiro atoms. The van der Waals surface area contributed by atoms with Crippen molar-refractivity contribution in [1.29, 1.82) is 0 Å². The van der Waals surface area contributed by atoms with E-state index in [1.807, 2.05) is 42.5 Å². The highest BCUT2D eigenvalue weighted by Gasteiger charge is 2.18. The Hall–Kier alpha value is -0.460. The SMILES string of the molecule is [NH3+]c1c(OC(=O)c2cc(I)cc(I)c2I)ccc2ccccc12. The van der Waals surface area contributed by atoms with Crippen molar-refractivity contribution < 1.29 is 15.3 Å². The van der Waals surface area contributed by atoms with E-state index in [9.17, 15) is 4.79 Å². The number of carbonyl (C=O) groups excluding carboxylic acids is 1. The Bertz CT molecular complexity index is 925. The maximum absolute atomic E-state index is 12.6. The van der Waals surface area contributed by atoms with Gasteiger partial charge in [0.2, 0.25) is 0 Å². The summed E-state index contributed by atoms with van der Waals surface area (Å²) < 4.78 is 8.56. The van der Waals surface area contributed by atoms with E-state index in [0.29, 0.717) is 11.3 Å². The highest BCUT2D eigenvalue weighted by atomic mass is 127. The van der Waals surface area contributed by atoms with Gasteiger partial charge in [0, 0.05) is 16.1 Å². The lowest BCUT2D eigenvalue weighted by Crippen LogP contribution is -2.41. The van der Waals surface area contributed by atoms with Gasteiger partial charge in [0.1, 0.15) is 0 Å². The van der Waals surface area contributed by atoms with Crippen molar-refractivity contribution in [3.63, 3.8) is 0 Å². The number of benzene rings is 3. The van der Waals surface area contributed by atoms with Crippen LogP contribution in [0.3, 0.4) is 0 Å². The van der Waals surface area contributed by atoms with Gasteiger partial charge in [-0.25, -0.2) is 4.79 Å². The minimum atomic E-state index is -0.356. The molecule has 0 saturated carbocycles. The molecule has 23 heavy (non-hydrogen) atoms. The summed E-state index contributed by atoms with van der Waals surface area (Å²) in [4.78, 5) is 12.6. The van der Waals surface area contributed by atoms with E-state index >= 15 is 0 Å². The summed E-state index contributed by atoms with van der Waals surface area (Å²) >= 11 is 6.60. The van der Waals surface area contributed by atoms with Crippen molar-refractivity contribution in [2.75, 3.05) is 0 Å². The maximum atomic E-state index is 12.6. The van der Waals surface area contributed by atoms with E-state index in [4.69, 9.17) is 4.74 Å². The standard InChI is InChI=1S/C17H10I3NO2/c18-10-7-12(15(20)13(19)8-10)17(22)23-14-6-5-9-3-1-2-4-11(9)16(14)21/h1-8H,21H2/p+1. The molecule has 0 heterocycles. The van der Waals surface area contributed by atoms with Gasteiger partial charge in [0.25, 0.3) is 0 Å². The van der Waals surface area contributed by atoms with Gasteiger partial charge in [-0.1, -0.05) is 24.3 Å². The van der Waals surface area contributed by atoms with E-state index < -0.39 is 0 Å². The summed E-state index contributed by atoms with van der Waals surface area (Å²) in [5.41, 5.74) is 5.38. The van der Waals surface area contributed by atoms with Gasteiger partial charge < -0.3 is 10.5 Å². The van der Waals surface area contributed by atoms with Crippen LogP contribution in [0.1, 0.15) is 10.4 Å². The largest absolute Gasteiger partial charge is 0.416 e. The summed E-state index contributed by atoms with van der Waals surface area (Å²) in [5, 5.41) is 2.07. The lowest BCUT2D eigenvalue weighted by molar-refractivity contribution is -0.253. The van der Waals surface area contributed by atoms with Gasteiger partial charge in [-0.3, -0.25) is 0 Å². The van der Waals surface area contributed by atoms with Crippen molar-refractivity contribution in [3.8, 4) is 5.75 Å². The van der Waals surface area contributed by atoms with Gasteiger partial charge in [0.05, 0.1) is 5.56 Å². The predicted molar refractivity (Wildman–Crippen MR) is 116 cm³/mol. The number of hydrogen-bond acceptors (Lipinski definition) is 2. The molecule has 0 aromatic heterocycles. The summed E-state index contributed by atoms with van der Waals surface area (Å²) in [6.45, 7) is 0. The Balaban J connectivity index is 1.99. The first-order valence-electron chi connectivity index (χ1n) is 6.68. The van der Waals surface area contributed by atoms with Crippen LogP contribution in [0.2, 0.25) is 0 Å². The first-order chi connectivity index (χ1) is 11.0. The van der Waals surface area contributed by atoms with Crippen LogP contribution in [0.15, 0.2) is 48.5 Å². The molecule has 0 unspecified atom stereocenters. The second kappa shape index (κ2) is 7.19. The zero-order chi connectivity index (χ0) is 16.6. The molecule has 0 amide bonds. The van der Waals surface area contributed by atoms with Gasteiger partial charge in [-0.2, -0.15) is 0 Å². The van der Waals surface area contributed by atoms with Gasteiger partial charge in [0.15, 0.2) is 11.4 Å². The van der Waals surface area contributed by atoms with Gasteiger partial charge in [-0.05, 0) is 97.4 Å². The molecular formula is C17H11I3NO2+. The minimum Gasteiger partial charge on any atom is -0.416 e. The topological polar surface area (TPSA) is 53.9 Å². The second-order valence-electron chi connectivity index (χ2n) is 4.90. The van der Waals surface area contributed by atoms with Crippen molar-refractivity contribution in [2.45, 2.75) is 0 Å². The molecule has 0 atom stereocenters. The van der Waals surface area contributed by atoms with Crippen LogP contribution < -0.4 is 10.5 Å². The summed E-state index contributed by atoms with van der Waals surface area (Å²) in [5.74, 6) is 0.143. The van der Waals surface area contributed by atoms with Crippen LogP contribution in [0.5, 0.6) is 5.75 Å². The fourth-order valence-corrected chi connectivity index (χ4v) is 4.65. The third-order valence-electron chi connectivity index (χ3n) is 3.41. The van der Waals surface area contributed by atoms with E-state index in [1.54, 1.807) is 6.07 Å². The molecule has 0 fully saturated rings. The molecule has 3 rings (SSSR count). The first kappa shape index (κ1) is 17.4. The number of carbonyl (C=O) groups is 1. The average molecular weight is 642 g/mol. The fourth-order valence-electron chi connectivity index (χ4n) is 2.27. The summed E-state index contributed by atoms with van der Waals surface area (Å²) in [6.07, 6.45) is 0. The lowest BCUT2D eigenvalue weighted by atomic mass is 10.1. The van der Waals surface area contributed by atoms with Gasteiger partial charge >= 0.3 is 5.97 Å². The average Bonchev–Trinajstić information content (AvgIpc) is 2.53. The van der Waals surface area contributed by atoms with Crippen LogP contribution in [0, 0.1) is 10.7 Å². The van der Waals surface area contributed by atoms with E-state index in [1.165, 1.54) is 0 Å². The Kier molecular flexibility index (Phi) is 5.43. The molecule has 0 saturated heterocycles. The third-order valence-corrected chi connectivity index (χ3v) is 7.08. The Morgan fingerprint density at radius 3 is 2.52 bits per heavy atom. The molecule has 116 valence electrons. The molecule has 0 bridgehead atoms. The van der Waals surface area contributed by atoms with Crippen LogP contribution in [0.4, 0.5) is 5.69 Å². The molecule has 3 nitrogen and oxygen atoms in total.